The highest BCUT2D eigenvalue weighted by Crippen LogP contribution is 2.21. The van der Waals surface area contributed by atoms with Crippen LogP contribution in [0.3, 0.4) is 0 Å². The molecule has 0 radical (unpaired) electrons. The second-order valence-corrected chi connectivity index (χ2v) is 5.32. The Hall–Kier alpha value is -1.74. The molecule has 0 amide bonds. The van der Waals surface area contributed by atoms with Gasteiger partial charge in [-0.05, 0) is 48.7 Å². The number of nitrogens with one attached hydrogen (secondary N) is 1. The van der Waals surface area contributed by atoms with Crippen molar-refractivity contribution in [3.05, 3.63) is 70.8 Å². The van der Waals surface area contributed by atoms with E-state index < -0.39 is 11.6 Å². The Morgan fingerprint density at radius 1 is 1.00 bits per heavy atom. The van der Waals surface area contributed by atoms with Gasteiger partial charge in [-0.25, -0.2) is 8.78 Å². The van der Waals surface area contributed by atoms with Gasteiger partial charge in [0.05, 0.1) is 0 Å². The first-order valence-electron chi connectivity index (χ1n) is 7.33. The van der Waals surface area contributed by atoms with Crippen molar-refractivity contribution in [2.24, 2.45) is 0 Å². The number of halogens is 2. The molecule has 1 unspecified atom stereocenters. The third-order valence-corrected chi connectivity index (χ3v) is 3.60. The van der Waals surface area contributed by atoms with E-state index in [4.69, 9.17) is 0 Å². The molecule has 0 spiro atoms. The predicted molar refractivity (Wildman–Crippen MR) is 82.3 cm³/mol. The minimum Gasteiger partial charge on any atom is -0.313 e. The molecule has 1 atom stereocenters. The molecular formula is C18H21F2N. The molecule has 0 fully saturated rings. The number of hydrogen-bond donors (Lipinski definition) is 1. The predicted octanol–water partition coefficient (Wildman–Crippen LogP) is 4.42. The minimum absolute atomic E-state index is 0.0445. The SMILES string of the molecule is CCCc1cccc(C(Cc2cc(F)cc(F)c2)NC)c1. The summed E-state index contributed by atoms with van der Waals surface area (Å²) in [7, 11) is 1.87. The molecule has 112 valence electrons. The van der Waals surface area contributed by atoms with Gasteiger partial charge in [-0.3, -0.25) is 0 Å². The third kappa shape index (κ3) is 4.36. The van der Waals surface area contributed by atoms with Crippen LogP contribution < -0.4 is 5.32 Å². The molecule has 0 aliphatic heterocycles. The molecule has 0 heterocycles. The fourth-order valence-electron chi connectivity index (χ4n) is 2.61. The monoisotopic (exact) mass is 289 g/mol. The van der Waals surface area contributed by atoms with Crippen LogP contribution >= 0.6 is 0 Å². The van der Waals surface area contributed by atoms with E-state index in [2.05, 4.69) is 30.4 Å². The van der Waals surface area contributed by atoms with Gasteiger partial charge in [-0.15, -0.1) is 0 Å². The average molecular weight is 289 g/mol. The number of likely N-dealkylation sites (N-methyl/N-ethyl adjacent to an activating group) is 1. The largest absolute Gasteiger partial charge is 0.313 e. The zero-order valence-corrected chi connectivity index (χ0v) is 12.5. The lowest BCUT2D eigenvalue weighted by molar-refractivity contribution is 0.562. The van der Waals surface area contributed by atoms with E-state index in [9.17, 15) is 8.78 Å². The maximum absolute atomic E-state index is 13.3. The standard InChI is InChI=1S/C18H21F2N/c1-3-5-13-6-4-7-15(8-13)18(21-2)11-14-9-16(19)12-17(20)10-14/h4,6-10,12,18,21H,3,5,11H2,1-2H3. The van der Waals surface area contributed by atoms with Crippen LogP contribution in [0.1, 0.15) is 36.1 Å². The molecule has 3 heteroatoms. The summed E-state index contributed by atoms with van der Waals surface area (Å²) in [4.78, 5) is 0. The molecule has 0 bridgehead atoms. The summed E-state index contributed by atoms with van der Waals surface area (Å²) in [5.74, 6) is -1.06. The van der Waals surface area contributed by atoms with Crippen molar-refractivity contribution in [2.45, 2.75) is 32.2 Å². The van der Waals surface area contributed by atoms with Crippen molar-refractivity contribution in [1.82, 2.24) is 5.32 Å². The van der Waals surface area contributed by atoms with E-state index in [1.54, 1.807) is 0 Å². The summed E-state index contributed by atoms with van der Waals surface area (Å²) in [6.45, 7) is 2.15. The van der Waals surface area contributed by atoms with E-state index in [1.807, 2.05) is 13.1 Å². The number of hydrogen-bond acceptors (Lipinski definition) is 1. The van der Waals surface area contributed by atoms with Crippen LogP contribution in [0.25, 0.3) is 0 Å². The highest BCUT2D eigenvalue weighted by molar-refractivity contribution is 5.28. The Morgan fingerprint density at radius 3 is 2.33 bits per heavy atom. The summed E-state index contributed by atoms with van der Waals surface area (Å²) in [6, 6.07) is 12.1. The van der Waals surface area contributed by atoms with E-state index in [-0.39, 0.29) is 6.04 Å². The molecule has 0 aliphatic carbocycles. The Morgan fingerprint density at radius 2 is 1.71 bits per heavy atom. The van der Waals surface area contributed by atoms with E-state index in [0.717, 1.165) is 24.5 Å². The molecule has 0 saturated heterocycles. The van der Waals surface area contributed by atoms with Crippen LogP contribution in [0.15, 0.2) is 42.5 Å². The highest BCUT2D eigenvalue weighted by atomic mass is 19.1. The van der Waals surface area contributed by atoms with Crippen LogP contribution in [0.4, 0.5) is 8.78 Å². The van der Waals surface area contributed by atoms with Gasteiger partial charge < -0.3 is 5.32 Å². The van der Waals surface area contributed by atoms with Crippen LogP contribution in [-0.4, -0.2) is 7.05 Å². The average Bonchev–Trinajstić information content (AvgIpc) is 2.44. The Balaban J connectivity index is 2.21. The third-order valence-electron chi connectivity index (χ3n) is 3.60. The van der Waals surface area contributed by atoms with Gasteiger partial charge >= 0.3 is 0 Å². The normalized spacial score (nSPS) is 12.4. The first-order chi connectivity index (χ1) is 10.1. The Labute approximate surface area is 125 Å². The molecule has 2 aromatic rings. The van der Waals surface area contributed by atoms with Crippen molar-refractivity contribution in [3.8, 4) is 0 Å². The van der Waals surface area contributed by atoms with Crippen molar-refractivity contribution in [1.29, 1.82) is 0 Å². The highest BCUT2D eigenvalue weighted by Gasteiger charge is 2.12. The lowest BCUT2D eigenvalue weighted by Gasteiger charge is -2.18. The molecule has 0 aromatic heterocycles. The van der Waals surface area contributed by atoms with Gasteiger partial charge in [-0.2, -0.15) is 0 Å². The quantitative estimate of drug-likeness (QED) is 0.830. The van der Waals surface area contributed by atoms with Gasteiger partial charge in [0, 0.05) is 12.1 Å². The van der Waals surface area contributed by atoms with Gasteiger partial charge in [0.2, 0.25) is 0 Å². The van der Waals surface area contributed by atoms with E-state index in [0.29, 0.717) is 12.0 Å². The smallest absolute Gasteiger partial charge is 0.126 e. The van der Waals surface area contributed by atoms with E-state index in [1.165, 1.54) is 17.7 Å². The molecular weight excluding hydrogens is 268 g/mol. The molecule has 1 N–H and O–H groups in total. The molecule has 21 heavy (non-hydrogen) atoms. The molecule has 2 aromatic carbocycles. The second-order valence-electron chi connectivity index (χ2n) is 5.32. The molecule has 0 aliphatic rings. The number of benzene rings is 2. The fraction of sp³-hybridized carbons (Fsp3) is 0.333. The first-order valence-corrected chi connectivity index (χ1v) is 7.33. The zero-order chi connectivity index (χ0) is 15.2. The van der Waals surface area contributed by atoms with Crippen molar-refractivity contribution in [3.63, 3.8) is 0 Å². The van der Waals surface area contributed by atoms with Gasteiger partial charge in [0.25, 0.3) is 0 Å². The lowest BCUT2D eigenvalue weighted by atomic mass is 9.96. The summed E-state index contributed by atoms with van der Waals surface area (Å²) in [5.41, 5.74) is 3.10. The number of aryl methyl sites for hydroxylation is 1. The second kappa shape index (κ2) is 7.32. The van der Waals surface area contributed by atoms with Crippen molar-refractivity contribution < 1.29 is 8.78 Å². The van der Waals surface area contributed by atoms with Gasteiger partial charge in [0.1, 0.15) is 11.6 Å². The Kier molecular flexibility index (Phi) is 5.45. The van der Waals surface area contributed by atoms with Crippen molar-refractivity contribution in [2.75, 3.05) is 7.05 Å². The van der Waals surface area contributed by atoms with Crippen LogP contribution in [0.2, 0.25) is 0 Å². The molecule has 1 nitrogen and oxygen atoms in total. The Bertz CT molecular complexity index is 575. The van der Waals surface area contributed by atoms with Crippen LogP contribution in [0, 0.1) is 11.6 Å². The van der Waals surface area contributed by atoms with Crippen LogP contribution in [0.5, 0.6) is 0 Å². The molecule has 2 rings (SSSR count). The summed E-state index contributed by atoms with van der Waals surface area (Å²) >= 11 is 0. The summed E-state index contributed by atoms with van der Waals surface area (Å²) in [5, 5.41) is 3.23. The topological polar surface area (TPSA) is 12.0 Å². The maximum atomic E-state index is 13.3. The lowest BCUT2D eigenvalue weighted by Crippen LogP contribution is -2.19. The van der Waals surface area contributed by atoms with E-state index >= 15 is 0 Å². The van der Waals surface area contributed by atoms with Gasteiger partial charge in [-0.1, -0.05) is 37.6 Å². The maximum Gasteiger partial charge on any atom is 0.126 e. The van der Waals surface area contributed by atoms with Crippen molar-refractivity contribution >= 4 is 0 Å². The molecule has 0 saturated carbocycles. The summed E-state index contributed by atoms with van der Waals surface area (Å²) in [6.07, 6.45) is 2.70. The fourth-order valence-corrected chi connectivity index (χ4v) is 2.61. The first kappa shape index (κ1) is 15.6. The van der Waals surface area contributed by atoms with Crippen LogP contribution in [-0.2, 0) is 12.8 Å². The minimum atomic E-state index is -0.528. The summed E-state index contributed by atoms with van der Waals surface area (Å²) < 4.78 is 26.6. The zero-order valence-electron chi connectivity index (χ0n) is 12.5. The number of rotatable bonds is 6. The van der Waals surface area contributed by atoms with Gasteiger partial charge in [0.15, 0.2) is 0 Å².